The number of hydrogen-bond donors (Lipinski definition) is 2. The van der Waals surface area contributed by atoms with Crippen molar-refractivity contribution in [2.75, 3.05) is 6.54 Å². The Labute approximate surface area is 118 Å². The van der Waals surface area contributed by atoms with Gasteiger partial charge in [-0.2, -0.15) is 0 Å². The first-order chi connectivity index (χ1) is 9.47. The van der Waals surface area contributed by atoms with Crippen molar-refractivity contribution < 1.29 is 19.4 Å². The van der Waals surface area contributed by atoms with Crippen LogP contribution in [0.1, 0.15) is 36.8 Å². The lowest BCUT2D eigenvalue weighted by atomic mass is 10.1. The molecule has 2 N–H and O–H groups in total. The van der Waals surface area contributed by atoms with Crippen LogP contribution in [0.15, 0.2) is 18.2 Å². The van der Waals surface area contributed by atoms with E-state index in [1.54, 1.807) is 12.1 Å². The largest absolute Gasteiger partial charge is 0.481 e. The van der Waals surface area contributed by atoms with Crippen LogP contribution >= 0.6 is 0 Å². The summed E-state index contributed by atoms with van der Waals surface area (Å²) in [6, 6.07) is 5.62. The standard InChI is InChI=1S/C15H21NO4/c1-11-8-12(2)10-13(9-11)20-15(19)16-7-5-3-4-6-14(17)18/h8-10H,3-7H2,1-2H3,(H,16,19)(H,17,18). The Balaban J connectivity index is 2.21. The van der Waals surface area contributed by atoms with Gasteiger partial charge in [0.15, 0.2) is 0 Å². The van der Waals surface area contributed by atoms with Crippen LogP contribution in [0, 0.1) is 13.8 Å². The van der Waals surface area contributed by atoms with Gasteiger partial charge in [-0.1, -0.05) is 12.5 Å². The van der Waals surface area contributed by atoms with E-state index in [1.165, 1.54) is 0 Å². The van der Waals surface area contributed by atoms with E-state index < -0.39 is 12.1 Å². The first kappa shape index (κ1) is 16.0. The Hall–Kier alpha value is -2.04. The van der Waals surface area contributed by atoms with E-state index >= 15 is 0 Å². The number of benzene rings is 1. The monoisotopic (exact) mass is 279 g/mol. The Kier molecular flexibility index (Phi) is 6.56. The topological polar surface area (TPSA) is 75.6 Å². The van der Waals surface area contributed by atoms with Gasteiger partial charge in [-0.25, -0.2) is 4.79 Å². The van der Waals surface area contributed by atoms with Gasteiger partial charge < -0.3 is 15.2 Å². The van der Waals surface area contributed by atoms with Crippen molar-refractivity contribution in [1.82, 2.24) is 5.32 Å². The summed E-state index contributed by atoms with van der Waals surface area (Å²) in [4.78, 5) is 21.9. The van der Waals surface area contributed by atoms with Crippen molar-refractivity contribution in [2.24, 2.45) is 0 Å². The van der Waals surface area contributed by atoms with Crippen molar-refractivity contribution in [3.8, 4) is 5.75 Å². The van der Waals surface area contributed by atoms with Crippen molar-refractivity contribution >= 4 is 12.1 Å². The first-order valence-electron chi connectivity index (χ1n) is 6.73. The molecule has 0 unspecified atom stereocenters. The number of ether oxygens (including phenoxy) is 1. The highest BCUT2D eigenvalue weighted by Crippen LogP contribution is 2.16. The first-order valence-corrected chi connectivity index (χ1v) is 6.73. The third-order valence-corrected chi connectivity index (χ3v) is 2.74. The summed E-state index contributed by atoms with van der Waals surface area (Å²) in [5, 5.41) is 11.1. The van der Waals surface area contributed by atoms with Crippen molar-refractivity contribution in [2.45, 2.75) is 39.5 Å². The molecule has 0 atom stereocenters. The second-order valence-corrected chi connectivity index (χ2v) is 4.84. The predicted molar refractivity (Wildman–Crippen MR) is 76.0 cm³/mol. The maximum atomic E-state index is 11.5. The number of carboxylic acid groups (broad SMARTS) is 1. The van der Waals surface area contributed by atoms with E-state index in [1.807, 2.05) is 19.9 Å². The van der Waals surface area contributed by atoms with Gasteiger partial charge in [-0.3, -0.25) is 4.79 Å². The molecule has 0 heterocycles. The summed E-state index contributed by atoms with van der Waals surface area (Å²) >= 11 is 0. The zero-order chi connectivity index (χ0) is 15.0. The van der Waals surface area contributed by atoms with E-state index in [9.17, 15) is 9.59 Å². The normalized spacial score (nSPS) is 10.1. The van der Waals surface area contributed by atoms with Gasteiger partial charge >= 0.3 is 12.1 Å². The number of unbranched alkanes of at least 4 members (excludes halogenated alkanes) is 2. The number of amides is 1. The molecule has 1 rings (SSSR count). The van der Waals surface area contributed by atoms with E-state index in [0.29, 0.717) is 18.7 Å². The summed E-state index contributed by atoms with van der Waals surface area (Å²) in [6.07, 6.45) is 1.84. The number of hydrogen-bond acceptors (Lipinski definition) is 3. The van der Waals surface area contributed by atoms with Crippen LogP contribution in [0.4, 0.5) is 4.79 Å². The molecule has 0 aromatic heterocycles. The van der Waals surface area contributed by atoms with Crippen LogP contribution in [-0.4, -0.2) is 23.7 Å². The highest BCUT2D eigenvalue weighted by atomic mass is 16.6. The molecule has 1 aromatic carbocycles. The van der Waals surface area contributed by atoms with Gasteiger partial charge in [0, 0.05) is 13.0 Å². The number of nitrogens with one attached hydrogen (secondary N) is 1. The maximum Gasteiger partial charge on any atom is 0.412 e. The quantitative estimate of drug-likeness (QED) is 0.752. The lowest BCUT2D eigenvalue weighted by Gasteiger charge is -2.08. The highest BCUT2D eigenvalue weighted by molar-refractivity contribution is 5.70. The molecule has 0 spiro atoms. The van der Waals surface area contributed by atoms with E-state index in [-0.39, 0.29) is 6.42 Å². The summed E-state index contributed by atoms with van der Waals surface area (Å²) in [6.45, 7) is 4.38. The molecular weight excluding hydrogens is 258 g/mol. The number of aryl methyl sites for hydroxylation is 2. The molecule has 5 nitrogen and oxygen atoms in total. The van der Waals surface area contributed by atoms with Gasteiger partial charge in [0.1, 0.15) is 5.75 Å². The minimum atomic E-state index is -0.785. The molecule has 0 fully saturated rings. The third kappa shape index (κ3) is 6.78. The molecule has 1 aromatic rings. The molecule has 0 saturated heterocycles. The average molecular weight is 279 g/mol. The molecule has 0 aliphatic heterocycles. The Morgan fingerprint density at radius 1 is 1.10 bits per heavy atom. The van der Waals surface area contributed by atoms with Gasteiger partial charge in [0.2, 0.25) is 0 Å². The fourth-order valence-electron chi connectivity index (χ4n) is 1.90. The predicted octanol–water partition coefficient (Wildman–Crippen LogP) is 3.04. The molecule has 110 valence electrons. The Morgan fingerprint density at radius 2 is 1.75 bits per heavy atom. The SMILES string of the molecule is Cc1cc(C)cc(OC(=O)NCCCCCC(=O)O)c1. The fraction of sp³-hybridized carbons (Fsp3) is 0.467. The van der Waals surface area contributed by atoms with E-state index in [0.717, 1.165) is 24.0 Å². The maximum absolute atomic E-state index is 11.5. The van der Waals surface area contributed by atoms with Gasteiger partial charge in [-0.15, -0.1) is 0 Å². The molecule has 0 aliphatic rings. The van der Waals surface area contributed by atoms with E-state index in [4.69, 9.17) is 9.84 Å². The number of carboxylic acids is 1. The number of carbonyl (C=O) groups excluding carboxylic acids is 1. The van der Waals surface area contributed by atoms with Crippen molar-refractivity contribution in [3.63, 3.8) is 0 Å². The minimum absolute atomic E-state index is 0.174. The summed E-state index contributed by atoms with van der Waals surface area (Å²) in [5.74, 6) is -0.252. The molecule has 5 heteroatoms. The van der Waals surface area contributed by atoms with Gasteiger partial charge in [-0.05, 0) is 49.9 Å². The second kappa shape index (κ2) is 8.19. The minimum Gasteiger partial charge on any atom is -0.481 e. The van der Waals surface area contributed by atoms with Gasteiger partial charge in [0.05, 0.1) is 0 Å². The van der Waals surface area contributed by atoms with Crippen LogP contribution < -0.4 is 10.1 Å². The summed E-state index contributed by atoms with van der Waals surface area (Å²) in [7, 11) is 0. The fourth-order valence-corrected chi connectivity index (χ4v) is 1.90. The van der Waals surface area contributed by atoms with Crippen LogP contribution in [0.5, 0.6) is 5.75 Å². The zero-order valence-electron chi connectivity index (χ0n) is 11.9. The number of aliphatic carboxylic acids is 1. The summed E-state index contributed by atoms with van der Waals surface area (Å²) < 4.78 is 5.18. The Bertz CT molecular complexity index is 451. The molecule has 0 radical (unpaired) electrons. The molecule has 0 bridgehead atoms. The van der Waals surface area contributed by atoms with Crippen molar-refractivity contribution in [3.05, 3.63) is 29.3 Å². The Morgan fingerprint density at radius 3 is 2.35 bits per heavy atom. The second-order valence-electron chi connectivity index (χ2n) is 4.84. The zero-order valence-corrected chi connectivity index (χ0v) is 11.9. The molecule has 0 saturated carbocycles. The average Bonchev–Trinajstić information content (AvgIpc) is 2.31. The van der Waals surface area contributed by atoms with Crippen molar-refractivity contribution in [1.29, 1.82) is 0 Å². The molecule has 1 amide bonds. The van der Waals surface area contributed by atoms with Gasteiger partial charge in [0.25, 0.3) is 0 Å². The smallest absolute Gasteiger partial charge is 0.412 e. The number of carbonyl (C=O) groups is 2. The highest BCUT2D eigenvalue weighted by Gasteiger charge is 2.04. The lowest BCUT2D eigenvalue weighted by molar-refractivity contribution is -0.137. The molecular formula is C15H21NO4. The van der Waals surface area contributed by atoms with Crippen LogP contribution in [0.3, 0.4) is 0 Å². The lowest BCUT2D eigenvalue weighted by Crippen LogP contribution is -2.27. The van der Waals surface area contributed by atoms with Crippen LogP contribution in [0.2, 0.25) is 0 Å². The third-order valence-electron chi connectivity index (χ3n) is 2.74. The molecule has 20 heavy (non-hydrogen) atoms. The summed E-state index contributed by atoms with van der Waals surface area (Å²) in [5.41, 5.74) is 2.09. The molecule has 0 aliphatic carbocycles. The number of rotatable bonds is 7. The van der Waals surface area contributed by atoms with E-state index in [2.05, 4.69) is 5.32 Å². The van der Waals surface area contributed by atoms with Crippen LogP contribution in [-0.2, 0) is 4.79 Å². The van der Waals surface area contributed by atoms with Crippen LogP contribution in [0.25, 0.3) is 0 Å².